The van der Waals surface area contributed by atoms with Gasteiger partial charge in [-0.25, -0.2) is 13.6 Å². The number of primary sulfonamides is 1. The van der Waals surface area contributed by atoms with Gasteiger partial charge in [0.2, 0.25) is 15.9 Å². The van der Waals surface area contributed by atoms with Crippen molar-refractivity contribution in [1.82, 2.24) is 4.90 Å². The van der Waals surface area contributed by atoms with Gasteiger partial charge in [-0.2, -0.15) is 0 Å². The van der Waals surface area contributed by atoms with Crippen LogP contribution < -0.4 is 9.88 Å². The molecular formula is C15H22N2O4S. The van der Waals surface area contributed by atoms with Gasteiger partial charge in [-0.15, -0.1) is 0 Å². The monoisotopic (exact) mass is 326 g/mol. The van der Waals surface area contributed by atoms with E-state index in [1.165, 1.54) is 0 Å². The van der Waals surface area contributed by atoms with E-state index in [1.807, 2.05) is 29.2 Å². The van der Waals surface area contributed by atoms with Gasteiger partial charge in [-0.3, -0.25) is 4.79 Å². The van der Waals surface area contributed by atoms with Crippen LogP contribution in [-0.4, -0.2) is 38.6 Å². The quantitative estimate of drug-likeness (QED) is 0.856. The highest BCUT2D eigenvalue weighted by Gasteiger charge is 2.29. The molecule has 22 heavy (non-hydrogen) atoms. The van der Waals surface area contributed by atoms with Crippen LogP contribution in [0.3, 0.4) is 0 Å². The van der Waals surface area contributed by atoms with Crippen molar-refractivity contribution in [3.05, 3.63) is 29.8 Å². The molecule has 1 aliphatic heterocycles. The number of amides is 1. The number of hydrogen-bond donors (Lipinski definition) is 1. The predicted molar refractivity (Wildman–Crippen MR) is 83.9 cm³/mol. The Labute approximate surface area is 131 Å². The van der Waals surface area contributed by atoms with E-state index in [1.54, 1.807) is 7.11 Å². The van der Waals surface area contributed by atoms with Crippen LogP contribution in [0, 0.1) is 0 Å². The van der Waals surface area contributed by atoms with Crippen molar-refractivity contribution in [2.24, 2.45) is 5.14 Å². The first-order valence-corrected chi connectivity index (χ1v) is 9.06. The van der Waals surface area contributed by atoms with E-state index in [0.29, 0.717) is 6.54 Å². The smallest absolute Gasteiger partial charge is 0.223 e. The molecule has 0 spiro atoms. The number of carbonyl (C=O) groups is 1. The maximum atomic E-state index is 12.3. The fourth-order valence-electron chi connectivity index (χ4n) is 2.83. The third kappa shape index (κ3) is 4.45. The Hall–Kier alpha value is -1.60. The predicted octanol–water partition coefficient (Wildman–Crippen LogP) is 1.43. The molecule has 0 saturated carbocycles. The number of nitrogens with zero attached hydrogens (tertiary/aromatic N) is 1. The van der Waals surface area contributed by atoms with Crippen molar-refractivity contribution < 1.29 is 17.9 Å². The fourth-order valence-corrected chi connectivity index (χ4v) is 3.38. The molecule has 0 radical (unpaired) electrons. The molecule has 1 atom stereocenters. The number of rotatable bonds is 6. The minimum absolute atomic E-state index is 0.0195. The van der Waals surface area contributed by atoms with Crippen LogP contribution in [0.25, 0.3) is 0 Å². The molecule has 7 heteroatoms. The van der Waals surface area contributed by atoms with Crippen molar-refractivity contribution in [1.29, 1.82) is 0 Å². The molecule has 1 aromatic rings. The molecule has 1 aromatic carbocycles. The number of benzene rings is 1. The normalized spacial score (nSPS) is 18.5. The summed E-state index contributed by atoms with van der Waals surface area (Å²) >= 11 is 0. The molecule has 1 aliphatic rings. The van der Waals surface area contributed by atoms with Crippen molar-refractivity contribution in [2.45, 2.75) is 31.7 Å². The number of ether oxygens (including phenoxy) is 1. The summed E-state index contributed by atoms with van der Waals surface area (Å²) in [5, 5.41) is 4.96. The number of hydrogen-bond acceptors (Lipinski definition) is 4. The van der Waals surface area contributed by atoms with Gasteiger partial charge >= 0.3 is 0 Å². The minimum Gasteiger partial charge on any atom is -0.497 e. The summed E-state index contributed by atoms with van der Waals surface area (Å²) in [4.78, 5) is 14.2. The second-order valence-corrected chi connectivity index (χ2v) is 7.23. The Morgan fingerprint density at radius 1 is 1.45 bits per heavy atom. The van der Waals surface area contributed by atoms with Gasteiger partial charge in [-0.1, -0.05) is 12.1 Å². The van der Waals surface area contributed by atoms with Crippen LogP contribution in [0.4, 0.5) is 0 Å². The average molecular weight is 326 g/mol. The number of nitrogens with two attached hydrogens (primary N) is 1. The van der Waals surface area contributed by atoms with Gasteiger partial charge in [0.25, 0.3) is 0 Å². The van der Waals surface area contributed by atoms with E-state index in [0.717, 1.165) is 24.2 Å². The summed E-state index contributed by atoms with van der Waals surface area (Å²) in [6.45, 7) is 0.704. The summed E-state index contributed by atoms with van der Waals surface area (Å²) in [6.07, 6.45) is 2.33. The summed E-state index contributed by atoms with van der Waals surface area (Å²) in [5.74, 6) is 0.594. The molecule has 1 heterocycles. The van der Waals surface area contributed by atoms with Crippen LogP contribution in [0.5, 0.6) is 5.75 Å². The molecule has 0 unspecified atom stereocenters. The number of likely N-dealkylation sites (tertiary alicyclic amines) is 1. The lowest BCUT2D eigenvalue weighted by molar-refractivity contribution is -0.132. The maximum Gasteiger partial charge on any atom is 0.223 e. The summed E-state index contributed by atoms with van der Waals surface area (Å²) in [7, 11) is -1.89. The van der Waals surface area contributed by atoms with Gasteiger partial charge in [0, 0.05) is 13.0 Å². The van der Waals surface area contributed by atoms with Gasteiger partial charge in [0.15, 0.2) is 0 Å². The van der Waals surface area contributed by atoms with E-state index in [2.05, 4.69) is 0 Å². The molecule has 0 aliphatic carbocycles. The Kier molecular flexibility index (Phi) is 5.42. The number of carbonyl (C=O) groups excluding carboxylic acids is 1. The molecule has 122 valence electrons. The van der Waals surface area contributed by atoms with E-state index >= 15 is 0 Å². The second-order valence-electron chi connectivity index (χ2n) is 5.49. The van der Waals surface area contributed by atoms with Gasteiger partial charge in [-0.05, 0) is 37.0 Å². The highest BCUT2D eigenvalue weighted by atomic mass is 32.2. The first-order chi connectivity index (χ1) is 10.4. The van der Waals surface area contributed by atoms with E-state index < -0.39 is 10.0 Å². The van der Waals surface area contributed by atoms with Crippen molar-refractivity contribution in [2.75, 3.05) is 19.4 Å². The zero-order chi connectivity index (χ0) is 16.2. The number of sulfonamides is 1. The lowest BCUT2D eigenvalue weighted by Crippen LogP contribution is -2.31. The van der Waals surface area contributed by atoms with Crippen molar-refractivity contribution in [3.8, 4) is 5.75 Å². The second kappa shape index (κ2) is 7.11. The van der Waals surface area contributed by atoms with Gasteiger partial charge in [0.1, 0.15) is 5.75 Å². The van der Waals surface area contributed by atoms with Crippen LogP contribution in [0.1, 0.15) is 37.3 Å². The molecule has 2 rings (SSSR count). The Balaban J connectivity index is 2.02. The maximum absolute atomic E-state index is 12.3. The van der Waals surface area contributed by atoms with Gasteiger partial charge < -0.3 is 9.64 Å². The summed E-state index contributed by atoms with van der Waals surface area (Å²) in [5.41, 5.74) is 1.05. The van der Waals surface area contributed by atoms with Crippen molar-refractivity contribution >= 4 is 15.9 Å². The lowest BCUT2D eigenvalue weighted by atomic mass is 10.0. The van der Waals surface area contributed by atoms with E-state index in [4.69, 9.17) is 9.88 Å². The van der Waals surface area contributed by atoms with Crippen LogP contribution in [-0.2, 0) is 14.8 Å². The lowest BCUT2D eigenvalue weighted by Gasteiger charge is -2.25. The fraction of sp³-hybridized carbons (Fsp3) is 0.533. The molecule has 2 N–H and O–H groups in total. The average Bonchev–Trinajstić information content (AvgIpc) is 2.95. The molecule has 1 fully saturated rings. The molecule has 1 saturated heterocycles. The van der Waals surface area contributed by atoms with Crippen LogP contribution >= 0.6 is 0 Å². The Morgan fingerprint density at radius 3 is 2.91 bits per heavy atom. The number of methoxy groups -OCH3 is 1. The minimum atomic E-state index is -3.51. The third-order valence-electron chi connectivity index (χ3n) is 3.87. The highest BCUT2D eigenvalue weighted by molar-refractivity contribution is 7.89. The topological polar surface area (TPSA) is 89.7 Å². The Bertz CT molecular complexity index is 630. The highest BCUT2D eigenvalue weighted by Crippen LogP contribution is 2.33. The molecule has 6 nitrogen and oxygen atoms in total. The Morgan fingerprint density at radius 2 is 2.23 bits per heavy atom. The summed E-state index contributed by atoms with van der Waals surface area (Å²) in [6, 6.07) is 7.76. The molecular weight excluding hydrogens is 304 g/mol. The SMILES string of the molecule is COc1cccc([C@H]2CCCN2C(=O)CCCS(N)(=O)=O)c1. The first kappa shape index (κ1) is 16.8. The van der Waals surface area contributed by atoms with E-state index in [-0.39, 0.29) is 30.5 Å². The first-order valence-electron chi connectivity index (χ1n) is 7.34. The molecule has 0 bridgehead atoms. The van der Waals surface area contributed by atoms with Gasteiger partial charge in [0.05, 0.1) is 18.9 Å². The standard InChI is InChI=1S/C15H22N2O4S/c1-21-13-6-2-5-12(11-13)14-7-3-9-17(14)15(18)8-4-10-22(16,19)20/h2,5-6,11,14H,3-4,7-10H2,1H3,(H2,16,19,20)/t14-/m1/s1. The van der Waals surface area contributed by atoms with Crippen LogP contribution in [0.15, 0.2) is 24.3 Å². The third-order valence-corrected chi connectivity index (χ3v) is 4.73. The zero-order valence-electron chi connectivity index (χ0n) is 12.7. The largest absolute Gasteiger partial charge is 0.497 e. The molecule has 0 aromatic heterocycles. The van der Waals surface area contributed by atoms with E-state index in [9.17, 15) is 13.2 Å². The van der Waals surface area contributed by atoms with Crippen LogP contribution in [0.2, 0.25) is 0 Å². The summed E-state index contributed by atoms with van der Waals surface area (Å²) < 4.78 is 27.1. The van der Waals surface area contributed by atoms with Crippen molar-refractivity contribution in [3.63, 3.8) is 0 Å². The zero-order valence-corrected chi connectivity index (χ0v) is 13.5. The molecule has 1 amide bonds.